The number of hydrogen-bond donors (Lipinski definition) is 2. The highest BCUT2D eigenvalue weighted by Gasteiger charge is 2.28. The summed E-state index contributed by atoms with van der Waals surface area (Å²) in [6.45, 7) is 1.67. The SMILES string of the molecule is CCC(C(=O)C(=O)O)=C(O)C1CCC1. The number of rotatable bonds is 4. The fourth-order valence-electron chi connectivity index (χ4n) is 1.52. The van der Waals surface area contributed by atoms with Gasteiger partial charge < -0.3 is 10.2 Å². The van der Waals surface area contributed by atoms with Crippen molar-refractivity contribution >= 4 is 11.8 Å². The van der Waals surface area contributed by atoms with Crippen molar-refractivity contribution in [1.29, 1.82) is 0 Å². The highest BCUT2D eigenvalue weighted by atomic mass is 16.4. The summed E-state index contributed by atoms with van der Waals surface area (Å²) in [5, 5.41) is 18.2. The Hall–Kier alpha value is -1.32. The topological polar surface area (TPSA) is 74.6 Å². The summed E-state index contributed by atoms with van der Waals surface area (Å²) in [5.41, 5.74) is 0.0576. The third kappa shape index (κ3) is 1.95. The first-order chi connectivity index (χ1) is 6.57. The second-order valence-electron chi connectivity index (χ2n) is 3.48. The Balaban J connectivity index is 2.86. The van der Waals surface area contributed by atoms with Crippen LogP contribution in [0.1, 0.15) is 32.6 Å². The maximum Gasteiger partial charge on any atom is 0.377 e. The highest BCUT2D eigenvalue weighted by Crippen LogP contribution is 2.33. The van der Waals surface area contributed by atoms with Crippen molar-refractivity contribution in [1.82, 2.24) is 0 Å². The van der Waals surface area contributed by atoms with Crippen LogP contribution >= 0.6 is 0 Å². The first kappa shape index (κ1) is 10.8. The van der Waals surface area contributed by atoms with E-state index in [9.17, 15) is 14.7 Å². The molecule has 1 rings (SSSR count). The van der Waals surface area contributed by atoms with Gasteiger partial charge in [0.2, 0.25) is 0 Å². The molecule has 1 fully saturated rings. The van der Waals surface area contributed by atoms with Gasteiger partial charge in [0.1, 0.15) is 5.76 Å². The zero-order valence-corrected chi connectivity index (χ0v) is 8.12. The summed E-state index contributed by atoms with van der Waals surface area (Å²) in [4.78, 5) is 21.6. The third-order valence-corrected chi connectivity index (χ3v) is 2.62. The zero-order valence-electron chi connectivity index (χ0n) is 8.12. The monoisotopic (exact) mass is 198 g/mol. The van der Waals surface area contributed by atoms with E-state index in [1.165, 1.54) is 0 Å². The minimum absolute atomic E-state index is 0.00764. The van der Waals surface area contributed by atoms with Gasteiger partial charge in [-0.15, -0.1) is 0 Å². The minimum atomic E-state index is -1.49. The Morgan fingerprint density at radius 2 is 1.86 bits per heavy atom. The Morgan fingerprint density at radius 1 is 1.29 bits per heavy atom. The molecule has 2 N–H and O–H groups in total. The molecule has 0 aromatic carbocycles. The van der Waals surface area contributed by atoms with Gasteiger partial charge in [-0.25, -0.2) is 4.79 Å². The summed E-state index contributed by atoms with van der Waals surface area (Å²) in [7, 11) is 0. The predicted molar refractivity (Wildman–Crippen MR) is 49.9 cm³/mol. The Morgan fingerprint density at radius 3 is 2.14 bits per heavy atom. The molecular weight excluding hydrogens is 184 g/mol. The van der Waals surface area contributed by atoms with Crippen molar-refractivity contribution in [2.45, 2.75) is 32.6 Å². The molecule has 0 aliphatic heterocycles. The number of Topliss-reactive ketones (excluding diaryl/α,β-unsaturated/α-hetero) is 1. The van der Waals surface area contributed by atoms with E-state index >= 15 is 0 Å². The van der Waals surface area contributed by atoms with Crippen LogP contribution in [0.2, 0.25) is 0 Å². The molecule has 0 saturated heterocycles. The second-order valence-corrected chi connectivity index (χ2v) is 3.48. The van der Waals surface area contributed by atoms with E-state index in [0.717, 1.165) is 19.3 Å². The number of carbonyl (C=O) groups is 2. The molecule has 0 atom stereocenters. The first-order valence-electron chi connectivity index (χ1n) is 4.77. The summed E-state index contributed by atoms with van der Waals surface area (Å²) in [6, 6.07) is 0. The van der Waals surface area contributed by atoms with E-state index in [2.05, 4.69) is 0 Å². The molecule has 0 amide bonds. The van der Waals surface area contributed by atoms with Gasteiger partial charge in [0.25, 0.3) is 5.78 Å². The van der Waals surface area contributed by atoms with Gasteiger partial charge in [0.05, 0.1) is 0 Å². The Labute approximate surface area is 82.2 Å². The largest absolute Gasteiger partial charge is 0.512 e. The molecule has 0 heterocycles. The van der Waals surface area contributed by atoms with Gasteiger partial charge in [0.15, 0.2) is 0 Å². The first-order valence-corrected chi connectivity index (χ1v) is 4.77. The normalized spacial score (nSPS) is 18.4. The molecule has 14 heavy (non-hydrogen) atoms. The van der Waals surface area contributed by atoms with Gasteiger partial charge in [-0.05, 0) is 19.3 Å². The number of carboxylic acids is 1. The van der Waals surface area contributed by atoms with Crippen LogP contribution in [0.3, 0.4) is 0 Å². The molecule has 78 valence electrons. The van der Waals surface area contributed by atoms with E-state index in [1.54, 1.807) is 6.92 Å². The van der Waals surface area contributed by atoms with E-state index < -0.39 is 11.8 Å². The molecule has 4 nitrogen and oxygen atoms in total. The molecule has 1 aliphatic rings. The van der Waals surface area contributed by atoms with E-state index in [0.29, 0.717) is 0 Å². The van der Waals surface area contributed by atoms with Gasteiger partial charge in [-0.1, -0.05) is 13.3 Å². The van der Waals surface area contributed by atoms with Crippen LogP contribution in [0.5, 0.6) is 0 Å². The lowest BCUT2D eigenvalue weighted by atomic mass is 9.81. The van der Waals surface area contributed by atoms with Crippen LogP contribution in [0.15, 0.2) is 11.3 Å². The smallest absolute Gasteiger partial charge is 0.377 e. The number of carbonyl (C=O) groups excluding carboxylic acids is 1. The fourth-order valence-corrected chi connectivity index (χ4v) is 1.52. The average molecular weight is 198 g/mol. The Kier molecular flexibility index (Phi) is 3.28. The lowest BCUT2D eigenvalue weighted by molar-refractivity contribution is -0.147. The minimum Gasteiger partial charge on any atom is -0.512 e. The third-order valence-electron chi connectivity index (χ3n) is 2.62. The lowest BCUT2D eigenvalue weighted by Crippen LogP contribution is -2.22. The second kappa shape index (κ2) is 4.26. The lowest BCUT2D eigenvalue weighted by Gasteiger charge is -2.25. The van der Waals surface area contributed by atoms with Crippen LogP contribution in [0, 0.1) is 5.92 Å². The number of allylic oxidation sites excluding steroid dienone is 1. The molecular formula is C10H14O4. The average Bonchev–Trinajstić information content (AvgIpc) is 2.01. The molecule has 0 aromatic rings. The number of ketones is 1. The van der Waals surface area contributed by atoms with Crippen LogP contribution in [0.4, 0.5) is 0 Å². The van der Waals surface area contributed by atoms with Crippen LogP contribution in [0.25, 0.3) is 0 Å². The Bertz CT molecular complexity index is 286. The van der Waals surface area contributed by atoms with Crippen molar-refractivity contribution in [2.24, 2.45) is 5.92 Å². The summed E-state index contributed by atoms with van der Waals surface area (Å²) < 4.78 is 0. The van der Waals surface area contributed by atoms with E-state index in [-0.39, 0.29) is 23.7 Å². The predicted octanol–water partition coefficient (Wildman–Crippen LogP) is 1.66. The van der Waals surface area contributed by atoms with Crippen molar-refractivity contribution in [3.8, 4) is 0 Å². The van der Waals surface area contributed by atoms with Crippen LogP contribution < -0.4 is 0 Å². The molecule has 0 aromatic heterocycles. The fraction of sp³-hybridized carbons (Fsp3) is 0.600. The van der Waals surface area contributed by atoms with Gasteiger partial charge in [-0.3, -0.25) is 4.79 Å². The number of aliphatic hydroxyl groups is 1. The maximum atomic E-state index is 11.1. The van der Waals surface area contributed by atoms with Crippen molar-refractivity contribution in [2.75, 3.05) is 0 Å². The standard InChI is InChI=1S/C10H14O4/c1-2-7(9(12)10(13)14)8(11)6-4-3-5-6/h6,11H,2-5H2,1H3,(H,13,14). The van der Waals surface area contributed by atoms with Gasteiger partial charge >= 0.3 is 5.97 Å². The number of aliphatic hydroxyl groups excluding tert-OH is 1. The van der Waals surface area contributed by atoms with Crippen molar-refractivity contribution < 1.29 is 19.8 Å². The molecule has 0 spiro atoms. The summed E-state index contributed by atoms with van der Waals surface area (Å²) in [5.74, 6) is -2.47. The summed E-state index contributed by atoms with van der Waals surface area (Å²) >= 11 is 0. The highest BCUT2D eigenvalue weighted by molar-refractivity contribution is 6.39. The quantitative estimate of drug-likeness (QED) is 0.409. The van der Waals surface area contributed by atoms with E-state index in [1.807, 2.05) is 0 Å². The molecule has 1 aliphatic carbocycles. The van der Waals surface area contributed by atoms with E-state index in [4.69, 9.17) is 5.11 Å². The van der Waals surface area contributed by atoms with Gasteiger partial charge in [0, 0.05) is 11.5 Å². The molecule has 0 radical (unpaired) electrons. The molecule has 4 heteroatoms. The maximum absolute atomic E-state index is 11.1. The molecule has 0 bridgehead atoms. The summed E-state index contributed by atoms with van der Waals surface area (Å²) in [6.07, 6.45) is 3.00. The zero-order chi connectivity index (χ0) is 10.7. The molecule has 1 saturated carbocycles. The van der Waals surface area contributed by atoms with Gasteiger partial charge in [-0.2, -0.15) is 0 Å². The molecule has 0 unspecified atom stereocenters. The van der Waals surface area contributed by atoms with Crippen molar-refractivity contribution in [3.05, 3.63) is 11.3 Å². The number of carboxylic acid groups (broad SMARTS) is 1. The van der Waals surface area contributed by atoms with Crippen LogP contribution in [-0.4, -0.2) is 22.0 Å². The van der Waals surface area contributed by atoms with Crippen molar-refractivity contribution in [3.63, 3.8) is 0 Å². The van der Waals surface area contributed by atoms with Crippen LogP contribution in [-0.2, 0) is 9.59 Å². The number of hydrogen-bond acceptors (Lipinski definition) is 3. The number of aliphatic carboxylic acids is 1.